The largest absolute Gasteiger partial charge is 0.310 e. The smallest absolute Gasteiger partial charge is 0.0548 e. The van der Waals surface area contributed by atoms with Crippen LogP contribution >= 0.6 is 27.5 Å². The quantitative estimate of drug-likeness (QED) is 0.532. The second-order valence-electron chi connectivity index (χ2n) is 4.99. The lowest BCUT2D eigenvalue weighted by atomic mass is 10.00. The minimum atomic E-state index is 0.445. The van der Waals surface area contributed by atoms with Gasteiger partial charge in [-0.2, -0.15) is 0 Å². The van der Waals surface area contributed by atoms with Crippen LogP contribution in [0, 0.1) is 0 Å². The molecular formula is C16H25BrClN. The minimum Gasteiger partial charge on any atom is -0.310 e. The maximum absolute atomic E-state index is 6.06. The number of halogens is 2. The van der Waals surface area contributed by atoms with Gasteiger partial charge in [-0.3, -0.25) is 0 Å². The van der Waals surface area contributed by atoms with Gasteiger partial charge in [-0.1, -0.05) is 63.6 Å². The summed E-state index contributed by atoms with van der Waals surface area (Å²) in [5.41, 5.74) is 1.33. The molecule has 1 atom stereocenters. The maximum atomic E-state index is 6.06. The van der Waals surface area contributed by atoms with Crippen molar-refractivity contribution in [2.45, 2.75) is 58.4 Å². The average Bonchev–Trinajstić information content (AvgIpc) is 2.40. The van der Waals surface area contributed by atoms with Gasteiger partial charge in [0.15, 0.2) is 0 Å². The first-order valence-electron chi connectivity index (χ1n) is 7.37. The molecule has 1 aromatic carbocycles. The highest BCUT2D eigenvalue weighted by Gasteiger charge is 2.11. The predicted molar refractivity (Wildman–Crippen MR) is 88.9 cm³/mol. The number of unbranched alkanes of at least 4 members (excludes halogenated alkanes) is 4. The van der Waals surface area contributed by atoms with Gasteiger partial charge in [0.05, 0.1) is 5.02 Å². The van der Waals surface area contributed by atoms with Crippen LogP contribution in [0.2, 0.25) is 5.02 Å². The van der Waals surface area contributed by atoms with Crippen molar-refractivity contribution >= 4 is 27.5 Å². The van der Waals surface area contributed by atoms with Crippen molar-refractivity contribution in [2.75, 3.05) is 6.54 Å². The van der Waals surface area contributed by atoms with Crippen LogP contribution < -0.4 is 5.32 Å². The molecule has 0 bridgehead atoms. The van der Waals surface area contributed by atoms with Gasteiger partial charge >= 0.3 is 0 Å². The van der Waals surface area contributed by atoms with E-state index in [2.05, 4.69) is 47.2 Å². The lowest BCUT2D eigenvalue weighted by Crippen LogP contribution is -2.20. The number of hydrogen-bond donors (Lipinski definition) is 1. The summed E-state index contributed by atoms with van der Waals surface area (Å²) in [7, 11) is 0. The van der Waals surface area contributed by atoms with Gasteiger partial charge in [0.2, 0.25) is 0 Å². The highest BCUT2D eigenvalue weighted by atomic mass is 79.9. The fraction of sp³-hybridized carbons (Fsp3) is 0.625. The van der Waals surface area contributed by atoms with Crippen molar-refractivity contribution < 1.29 is 0 Å². The normalized spacial score (nSPS) is 12.6. The Hall–Kier alpha value is -0.0500. The molecule has 3 heteroatoms. The topological polar surface area (TPSA) is 12.0 Å². The van der Waals surface area contributed by atoms with E-state index in [4.69, 9.17) is 11.6 Å². The Morgan fingerprint density at radius 3 is 2.53 bits per heavy atom. The van der Waals surface area contributed by atoms with E-state index < -0.39 is 0 Å². The molecule has 19 heavy (non-hydrogen) atoms. The molecular weight excluding hydrogens is 322 g/mol. The first-order valence-corrected chi connectivity index (χ1v) is 8.54. The molecule has 0 amide bonds. The van der Waals surface area contributed by atoms with Crippen molar-refractivity contribution in [3.05, 3.63) is 33.3 Å². The van der Waals surface area contributed by atoms with Gasteiger partial charge in [0.25, 0.3) is 0 Å². The Bertz CT molecular complexity index is 368. The predicted octanol–water partition coefficient (Wildman–Crippen LogP) is 6.11. The lowest BCUT2D eigenvalue weighted by Gasteiger charge is -2.19. The zero-order valence-electron chi connectivity index (χ0n) is 12.0. The molecule has 0 aliphatic heterocycles. The van der Waals surface area contributed by atoms with E-state index in [1.807, 2.05) is 6.07 Å². The Morgan fingerprint density at radius 2 is 1.89 bits per heavy atom. The standard InChI is InChI=1S/C16H25BrClN/c1-3-5-6-7-8-9-16(19-4-2)13-10-11-15(18)14(17)12-13/h10-12,16,19H,3-9H2,1-2H3. The van der Waals surface area contributed by atoms with Crippen LogP contribution in [0.15, 0.2) is 22.7 Å². The van der Waals surface area contributed by atoms with E-state index >= 15 is 0 Å². The summed E-state index contributed by atoms with van der Waals surface area (Å²) in [5, 5.41) is 4.35. The summed E-state index contributed by atoms with van der Waals surface area (Å²) in [6.45, 7) is 5.42. The summed E-state index contributed by atoms with van der Waals surface area (Å²) >= 11 is 9.56. The monoisotopic (exact) mass is 345 g/mol. The highest BCUT2D eigenvalue weighted by Crippen LogP contribution is 2.28. The Balaban J connectivity index is 2.53. The van der Waals surface area contributed by atoms with E-state index in [0.717, 1.165) is 16.0 Å². The summed E-state index contributed by atoms with van der Waals surface area (Å²) in [5.74, 6) is 0. The maximum Gasteiger partial charge on any atom is 0.0548 e. The average molecular weight is 347 g/mol. The molecule has 0 aliphatic carbocycles. The van der Waals surface area contributed by atoms with Gasteiger partial charge in [-0.25, -0.2) is 0 Å². The minimum absolute atomic E-state index is 0.445. The van der Waals surface area contributed by atoms with Crippen LogP contribution in [0.4, 0.5) is 0 Å². The van der Waals surface area contributed by atoms with Gasteiger partial charge < -0.3 is 5.32 Å². The summed E-state index contributed by atoms with van der Waals surface area (Å²) < 4.78 is 0.987. The zero-order chi connectivity index (χ0) is 14.1. The first kappa shape index (κ1) is 17.0. The van der Waals surface area contributed by atoms with E-state index in [1.165, 1.54) is 44.1 Å². The molecule has 0 spiro atoms. The summed E-state index contributed by atoms with van der Waals surface area (Å²) in [6, 6.07) is 6.69. The molecule has 1 N–H and O–H groups in total. The molecule has 0 saturated heterocycles. The molecule has 0 saturated carbocycles. The third-order valence-corrected chi connectivity index (χ3v) is 4.61. The molecule has 1 aromatic rings. The Kier molecular flexibility index (Phi) is 8.76. The van der Waals surface area contributed by atoms with Crippen molar-refractivity contribution in [1.82, 2.24) is 5.32 Å². The molecule has 0 radical (unpaired) electrons. The van der Waals surface area contributed by atoms with Crippen LogP contribution in [0.5, 0.6) is 0 Å². The van der Waals surface area contributed by atoms with Gasteiger partial charge in [0, 0.05) is 10.5 Å². The molecule has 1 rings (SSSR count). The second-order valence-corrected chi connectivity index (χ2v) is 6.25. The molecule has 108 valence electrons. The fourth-order valence-electron chi connectivity index (χ4n) is 2.31. The van der Waals surface area contributed by atoms with Gasteiger partial charge in [0.1, 0.15) is 0 Å². The number of hydrogen-bond acceptors (Lipinski definition) is 1. The van der Waals surface area contributed by atoms with Gasteiger partial charge in [-0.15, -0.1) is 0 Å². The van der Waals surface area contributed by atoms with Crippen LogP contribution in [0.1, 0.15) is 64.0 Å². The Labute approximate surface area is 131 Å². The van der Waals surface area contributed by atoms with E-state index in [9.17, 15) is 0 Å². The molecule has 0 aromatic heterocycles. The van der Waals surface area contributed by atoms with Crippen LogP contribution in [-0.2, 0) is 0 Å². The van der Waals surface area contributed by atoms with Crippen molar-refractivity contribution in [2.24, 2.45) is 0 Å². The third-order valence-electron chi connectivity index (χ3n) is 3.39. The van der Waals surface area contributed by atoms with Crippen molar-refractivity contribution in [3.63, 3.8) is 0 Å². The highest BCUT2D eigenvalue weighted by molar-refractivity contribution is 9.10. The number of benzene rings is 1. The first-order chi connectivity index (χ1) is 9.19. The molecule has 1 unspecified atom stereocenters. The SMILES string of the molecule is CCCCCCCC(NCC)c1ccc(Cl)c(Br)c1. The molecule has 0 aliphatic rings. The van der Waals surface area contributed by atoms with Crippen LogP contribution in [-0.4, -0.2) is 6.54 Å². The fourth-order valence-corrected chi connectivity index (χ4v) is 2.83. The lowest BCUT2D eigenvalue weighted by molar-refractivity contribution is 0.478. The van der Waals surface area contributed by atoms with Crippen molar-refractivity contribution in [1.29, 1.82) is 0 Å². The molecule has 1 nitrogen and oxygen atoms in total. The zero-order valence-corrected chi connectivity index (χ0v) is 14.4. The second kappa shape index (κ2) is 9.79. The number of nitrogens with one attached hydrogen (secondary N) is 1. The van der Waals surface area contributed by atoms with E-state index in [1.54, 1.807) is 0 Å². The van der Waals surface area contributed by atoms with Crippen LogP contribution in [0.3, 0.4) is 0 Å². The summed E-state index contributed by atoms with van der Waals surface area (Å²) in [6.07, 6.45) is 7.85. The van der Waals surface area contributed by atoms with Gasteiger partial charge in [-0.05, 0) is 46.6 Å². The van der Waals surface area contributed by atoms with Crippen molar-refractivity contribution in [3.8, 4) is 0 Å². The molecule has 0 fully saturated rings. The molecule has 0 heterocycles. The van der Waals surface area contributed by atoms with E-state index in [0.29, 0.717) is 6.04 Å². The third kappa shape index (κ3) is 6.29. The number of rotatable bonds is 9. The summed E-state index contributed by atoms with van der Waals surface area (Å²) in [4.78, 5) is 0. The Morgan fingerprint density at radius 1 is 1.16 bits per heavy atom. The van der Waals surface area contributed by atoms with Crippen LogP contribution in [0.25, 0.3) is 0 Å². The van der Waals surface area contributed by atoms with E-state index in [-0.39, 0.29) is 0 Å².